The largest absolute Gasteiger partial charge is 0.335 e. The average Bonchev–Trinajstić information content (AvgIpc) is 2.73. The Labute approximate surface area is 96.3 Å². The SMILES string of the molecule is Clc1ccc(-c2nc3ccncc3[nH]2)nc1. The zero-order valence-electron chi connectivity index (χ0n) is 8.18. The van der Waals surface area contributed by atoms with Crippen molar-refractivity contribution in [1.82, 2.24) is 19.9 Å². The maximum absolute atomic E-state index is 5.77. The van der Waals surface area contributed by atoms with Crippen LogP contribution in [0, 0.1) is 0 Å². The Balaban J connectivity index is 2.15. The molecule has 0 atom stereocenters. The molecule has 1 N–H and O–H groups in total. The Morgan fingerprint density at radius 1 is 1.12 bits per heavy atom. The van der Waals surface area contributed by atoms with Crippen molar-refractivity contribution in [3.63, 3.8) is 0 Å². The molecular formula is C11H7ClN4. The van der Waals surface area contributed by atoms with Crippen LogP contribution in [0.4, 0.5) is 0 Å². The number of fused-ring (bicyclic) bond motifs is 1. The highest BCUT2D eigenvalue weighted by molar-refractivity contribution is 6.30. The van der Waals surface area contributed by atoms with Gasteiger partial charge in [0.25, 0.3) is 0 Å². The van der Waals surface area contributed by atoms with Gasteiger partial charge in [-0.15, -0.1) is 0 Å². The van der Waals surface area contributed by atoms with Crippen LogP contribution < -0.4 is 0 Å². The molecule has 4 nitrogen and oxygen atoms in total. The Morgan fingerprint density at radius 3 is 2.81 bits per heavy atom. The number of aromatic nitrogens is 4. The topological polar surface area (TPSA) is 54.5 Å². The number of nitrogens with zero attached hydrogens (tertiary/aromatic N) is 3. The van der Waals surface area contributed by atoms with Crippen LogP contribution in [0.15, 0.2) is 36.8 Å². The number of imidazole rings is 1. The molecule has 3 rings (SSSR count). The highest BCUT2D eigenvalue weighted by Crippen LogP contribution is 2.18. The number of nitrogens with one attached hydrogen (secondary N) is 1. The smallest absolute Gasteiger partial charge is 0.157 e. The van der Waals surface area contributed by atoms with Crippen LogP contribution in [0.3, 0.4) is 0 Å². The van der Waals surface area contributed by atoms with E-state index in [0.29, 0.717) is 5.02 Å². The second-order valence-corrected chi connectivity index (χ2v) is 3.78. The van der Waals surface area contributed by atoms with Crippen molar-refractivity contribution in [2.45, 2.75) is 0 Å². The van der Waals surface area contributed by atoms with Gasteiger partial charge in [0.2, 0.25) is 0 Å². The zero-order valence-corrected chi connectivity index (χ0v) is 8.94. The number of halogens is 1. The molecule has 3 aromatic rings. The zero-order chi connectivity index (χ0) is 11.0. The third-order valence-corrected chi connectivity index (χ3v) is 2.48. The summed E-state index contributed by atoms with van der Waals surface area (Å²) in [7, 11) is 0. The lowest BCUT2D eigenvalue weighted by molar-refractivity contribution is 1.24. The second kappa shape index (κ2) is 3.57. The normalized spacial score (nSPS) is 10.8. The van der Waals surface area contributed by atoms with E-state index in [9.17, 15) is 0 Å². The van der Waals surface area contributed by atoms with Crippen molar-refractivity contribution < 1.29 is 0 Å². The Bertz CT molecular complexity index is 597. The van der Waals surface area contributed by atoms with E-state index in [1.54, 1.807) is 24.7 Å². The predicted octanol–water partition coefficient (Wildman–Crippen LogP) is 2.67. The maximum atomic E-state index is 5.77. The van der Waals surface area contributed by atoms with Crippen LogP contribution in [0.2, 0.25) is 5.02 Å². The van der Waals surface area contributed by atoms with E-state index < -0.39 is 0 Å². The Morgan fingerprint density at radius 2 is 2.06 bits per heavy atom. The lowest BCUT2D eigenvalue weighted by Crippen LogP contribution is -1.84. The lowest BCUT2D eigenvalue weighted by atomic mass is 10.3. The summed E-state index contributed by atoms with van der Waals surface area (Å²) in [6.45, 7) is 0. The summed E-state index contributed by atoms with van der Waals surface area (Å²) in [5, 5.41) is 0.613. The molecule has 5 heteroatoms. The summed E-state index contributed by atoms with van der Waals surface area (Å²) in [4.78, 5) is 15.8. The molecule has 0 aliphatic heterocycles. The molecule has 0 aliphatic carbocycles. The van der Waals surface area contributed by atoms with E-state index >= 15 is 0 Å². The quantitative estimate of drug-likeness (QED) is 0.699. The van der Waals surface area contributed by atoms with Gasteiger partial charge in [-0.05, 0) is 18.2 Å². The van der Waals surface area contributed by atoms with E-state index in [4.69, 9.17) is 11.6 Å². The number of H-pyrrole nitrogens is 1. The first-order valence-electron chi connectivity index (χ1n) is 4.74. The third kappa shape index (κ3) is 1.53. The number of hydrogen-bond donors (Lipinski definition) is 1. The molecule has 16 heavy (non-hydrogen) atoms. The molecule has 0 bridgehead atoms. The molecule has 78 valence electrons. The first-order valence-corrected chi connectivity index (χ1v) is 5.12. The summed E-state index contributed by atoms with van der Waals surface area (Å²) < 4.78 is 0. The van der Waals surface area contributed by atoms with Gasteiger partial charge in [-0.2, -0.15) is 0 Å². The minimum atomic E-state index is 0.613. The van der Waals surface area contributed by atoms with Gasteiger partial charge < -0.3 is 4.98 Å². The summed E-state index contributed by atoms with van der Waals surface area (Å²) in [5.74, 6) is 0.722. The Hall–Kier alpha value is -1.94. The molecule has 0 saturated heterocycles. The van der Waals surface area contributed by atoms with Crippen LogP contribution in [0.1, 0.15) is 0 Å². The van der Waals surface area contributed by atoms with Crippen molar-refractivity contribution in [3.8, 4) is 11.5 Å². The van der Waals surface area contributed by atoms with Gasteiger partial charge in [0.05, 0.1) is 22.3 Å². The molecule has 3 aromatic heterocycles. The van der Waals surface area contributed by atoms with Gasteiger partial charge in [0, 0.05) is 12.4 Å². The number of pyridine rings is 2. The molecular weight excluding hydrogens is 224 g/mol. The minimum Gasteiger partial charge on any atom is -0.335 e. The van der Waals surface area contributed by atoms with E-state index in [-0.39, 0.29) is 0 Å². The fourth-order valence-corrected chi connectivity index (χ4v) is 1.61. The second-order valence-electron chi connectivity index (χ2n) is 3.34. The fraction of sp³-hybridized carbons (Fsp3) is 0. The van der Waals surface area contributed by atoms with Gasteiger partial charge >= 0.3 is 0 Å². The van der Waals surface area contributed by atoms with Gasteiger partial charge in [-0.1, -0.05) is 11.6 Å². The first kappa shape index (κ1) is 9.30. The van der Waals surface area contributed by atoms with Crippen LogP contribution in [0.5, 0.6) is 0 Å². The molecule has 3 heterocycles. The van der Waals surface area contributed by atoms with Crippen molar-refractivity contribution in [1.29, 1.82) is 0 Å². The summed E-state index contributed by atoms with van der Waals surface area (Å²) >= 11 is 5.77. The molecule has 0 saturated carbocycles. The summed E-state index contributed by atoms with van der Waals surface area (Å²) in [6, 6.07) is 5.47. The van der Waals surface area contributed by atoms with Gasteiger partial charge in [-0.25, -0.2) is 4.98 Å². The fourth-order valence-electron chi connectivity index (χ4n) is 1.49. The highest BCUT2D eigenvalue weighted by Gasteiger charge is 2.05. The average molecular weight is 231 g/mol. The van der Waals surface area contributed by atoms with E-state index in [2.05, 4.69) is 19.9 Å². The van der Waals surface area contributed by atoms with Gasteiger partial charge in [0.1, 0.15) is 5.69 Å². The van der Waals surface area contributed by atoms with Crippen LogP contribution in [-0.2, 0) is 0 Å². The number of aromatic amines is 1. The molecule has 0 aromatic carbocycles. The highest BCUT2D eigenvalue weighted by atomic mass is 35.5. The number of rotatable bonds is 1. The van der Waals surface area contributed by atoms with Crippen molar-refractivity contribution in [3.05, 3.63) is 41.8 Å². The molecule has 0 radical (unpaired) electrons. The summed E-state index contributed by atoms with van der Waals surface area (Å²) in [5.41, 5.74) is 2.54. The molecule has 0 spiro atoms. The first-order chi connectivity index (χ1) is 7.83. The monoisotopic (exact) mass is 230 g/mol. The van der Waals surface area contributed by atoms with Gasteiger partial charge in [-0.3, -0.25) is 9.97 Å². The number of hydrogen-bond acceptors (Lipinski definition) is 3. The van der Waals surface area contributed by atoms with Crippen LogP contribution in [-0.4, -0.2) is 19.9 Å². The van der Waals surface area contributed by atoms with Crippen molar-refractivity contribution >= 4 is 22.6 Å². The third-order valence-electron chi connectivity index (χ3n) is 2.25. The molecule has 0 aliphatic rings. The van der Waals surface area contributed by atoms with E-state index in [1.165, 1.54) is 0 Å². The van der Waals surface area contributed by atoms with Crippen LogP contribution >= 0.6 is 11.6 Å². The van der Waals surface area contributed by atoms with Crippen LogP contribution in [0.25, 0.3) is 22.6 Å². The summed E-state index contributed by atoms with van der Waals surface area (Å²) in [6.07, 6.45) is 5.05. The standard InChI is InChI=1S/C11H7ClN4/c12-7-1-2-9(14-5-7)11-15-8-3-4-13-6-10(8)16-11/h1-6H,(H,15,16). The molecule has 0 unspecified atom stereocenters. The lowest BCUT2D eigenvalue weighted by Gasteiger charge is -1.94. The molecule has 0 amide bonds. The van der Waals surface area contributed by atoms with E-state index in [1.807, 2.05) is 12.1 Å². The van der Waals surface area contributed by atoms with Crippen molar-refractivity contribution in [2.24, 2.45) is 0 Å². The van der Waals surface area contributed by atoms with Crippen molar-refractivity contribution in [2.75, 3.05) is 0 Å². The van der Waals surface area contributed by atoms with E-state index in [0.717, 1.165) is 22.6 Å². The molecule has 0 fully saturated rings. The minimum absolute atomic E-state index is 0.613. The van der Waals surface area contributed by atoms with Gasteiger partial charge in [0.15, 0.2) is 5.82 Å². The predicted molar refractivity (Wildman–Crippen MR) is 62.1 cm³/mol. The maximum Gasteiger partial charge on any atom is 0.157 e. The Kier molecular flexibility index (Phi) is 2.08.